The summed E-state index contributed by atoms with van der Waals surface area (Å²) in [5, 5.41) is 0. The number of para-hydroxylation sites is 2. The molecule has 1 radical (unpaired) electrons. The summed E-state index contributed by atoms with van der Waals surface area (Å²) in [5.74, 6) is 0. The number of hydrogen-bond donors (Lipinski definition) is 0. The monoisotopic (exact) mass is 349 g/mol. The molecule has 1 aliphatic heterocycles. The lowest BCUT2D eigenvalue weighted by molar-refractivity contribution is 1.00. The minimum absolute atomic E-state index is 0.210. The molecule has 1 aromatic carbocycles. The Hall–Kier alpha value is -0.255. The summed E-state index contributed by atoms with van der Waals surface area (Å²) in [7, 11) is 2.03. The zero-order valence-electron chi connectivity index (χ0n) is 16.0. The fourth-order valence-electron chi connectivity index (χ4n) is 3.64. The van der Waals surface area contributed by atoms with Gasteiger partial charge in [0.05, 0.1) is 11.4 Å². The molecule has 0 saturated carbocycles. The van der Waals surface area contributed by atoms with Gasteiger partial charge in [0.2, 0.25) is 0 Å². The van der Waals surface area contributed by atoms with Crippen LogP contribution in [0.2, 0.25) is 0 Å². The molecule has 0 aromatic heterocycles. The molecule has 23 heavy (non-hydrogen) atoms. The molecule has 0 unspecified atom stereocenters. The van der Waals surface area contributed by atoms with E-state index in [1.807, 2.05) is 0 Å². The molecule has 0 amide bonds. The minimum Gasteiger partial charge on any atom is -0.375 e. The van der Waals surface area contributed by atoms with E-state index in [2.05, 4.69) is 96.4 Å². The van der Waals surface area contributed by atoms with Crippen molar-refractivity contribution in [1.82, 2.24) is 0 Å². The smallest absolute Gasteiger partial charge is 0.375 e. The molecule has 0 fully saturated rings. The molecule has 0 spiro atoms. The average molecular weight is 349 g/mol. The average Bonchev–Trinajstić information content (AvgIpc) is 2.77. The van der Waals surface area contributed by atoms with Gasteiger partial charge >= 0.3 is 7.55 Å². The van der Waals surface area contributed by atoms with Gasteiger partial charge in [0.25, 0.3) is 0 Å². The quantitative estimate of drug-likeness (QED) is 0.441. The molecule has 0 N–H and O–H groups in total. The Morgan fingerprint density at radius 2 is 0.957 bits per heavy atom. The first-order valence-electron chi connectivity index (χ1n) is 8.84. The zero-order chi connectivity index (χ0) is 17.3. The van der Waals surface area contributed by atoms with Crippen LogP contribution < -0.4 is 9.16 Å². The predicted octanol–water partition coefficient (Wildman–Crippen LogP) is 6.27. The van der Waals surface area contributed by atoms with E-state index in [4.69, 9.17) is 0 Å². The fraction of sp³-hybridized carbons (Fsp3) is 0.667. The molecule has 0 aliphatic carbocycles. The second kappa shape index (κ2) is 7.75. The van der Waals surface area contributed by atoms with Gasteiger partial charge in [-0.2, -0.15) is 0 Å². The molecule has 1 aliphatic rings. The van der Waals surface area contributed by atoms with Crippen molar-refractivity contribution in [2.45, 2.75) is 78.0 Å². The summed E-state index contributed by atoms with van der Waals surface area (Å²) in [5.41, 5.74) is 5.60. The Kier molecular flexibility index (Phi) is 6.43. The number of hydrogen-bond acceptors (Lipinski definition) is 2. The maximum atomic E-state index is 2.61. The van der Waals surface area contributed by atoms with Gasteiger partial charge in [-0.25, -0.2) is 0 Å². The number of rotatable bonds is 6. The molecule has 2 rings (SSSR count). The van der Waals surface area contributed by atoms with Crippen LogP contribution in [0.25, 0.3) is 0 Å². The van der Waals surface area contributed by atoms with E-state index in [1.165, 1.54) is 11.4 Å². The van der Waals surface area contributed by atoms with Crippen molar-refractivity contribution in [2.24, 2.45) is 0 Å². The lowest BCUT2D eigenvalue weighted by Crippen LogP contribution is -2.35. The van der Waals surface area contributed by atoms with Crippen LogP contribution in [0.5, 0.6) is 0 Å². The van der Waals surface area contributed by atoms with E-state index in [9.17, 15) is 0 Å². The summed E-state index contributed by atoms with van der Waals surface area (Å²) >= 11 is 0. The lowest BCUT2D eigenvalue weighted by atomic mass is 10.2. The van der Waals surface area contributed by atoms with Gasteiger partial charge in [-0.3, -0.25) is 0 Å². The number of anilines is 2. The summed E-state index contributed by atoms with van der Waals surface area (Å²) in [6.07, 6.45) is 0. The van der Waals surface area contributed by atoms with Crippen molar-refractivity contribution in [1.29, 1.82) is 0 Å². The van der Waals surface area contributed by atoms with Crippen molar-refractivity contribution in [3.05, 3.63) is 24.3 Å². The molecule has 0 saturated heterocycles. The van der Waals surface area contributed by atoms with Crippen molar-refractivity contribution in [3.63, 3.8) is 0 Å². The van der Waals surface area contributed by atoms with Gasteiger partial charge in [0.1, 0.15) is 0 Å². The van der Waals surface area contributed by atoms with E-state index in [-0.39, 0.29) is 16.1 Å². The molecule has 5 heteroatoms. The van der Waals surface area contributed by atoms with E-state index in [0.717, 1.165) is 0 Å². The topological polar surface area (TPSA) is 6.48 Å². The Labute approximate surface area is 146 Å². The molecule has 127 valence electrons. The fourth-order valence-corrected chi connectivity index (χ4v) is 9.37. The van der Waals surface area contributed by atoms with Crippen LogP contribution in [0.4, 0.5) is 11.4 Å². The number of benzene rings is 1. The molecule has 1 heterocycles. The Morgan fingerprint density at radius 3 is 1.22 bits per heavy atom. The van der Waals surface area contributed by atoms with E-state index >= 15 is 0 Å². The molecule has 2 nitrogen and oxygen atoms in total. The second-order valence-electron chi connectivity index (χ2n) is 7.43. The van der Waals surface area contributed by atoms with Crippen molar-refractivity contribution in [2.75, 3.05) is 9.16 Å². The van der Waals surface area contributed by atoms with Gasteiger partial charge in [-0.05, 0) is 50.9 Å². The SMILES string of the molecule is CC(C)P(C(C)C)N1[B]N(P(C(C)C)C(C)C)c2ccccc21. The van der Waals surface area contributed by atoms with Crippen molar-refractivity contribution < 1.29 is 0 Å². The number of nitrogens with zero attached hydrogens (tertiary/aromatic N) is 2. The molecular formula is C18H32BN2P2. The Morgan fingerprint density at radius 1 is 0.652 bits per heavy atom. The first-order chi connectivity index (χ1) is 10.8. The van der Waals surface area contributed by atoms with Crippen LogP contribution in [-0.2, 0) is 0 Å². The summed E-state index contributed by atoms with van der Waals surface area (Å²) in [6, 6.07) is 8.98. The first kappa shape index (κ1) is 19.1. The third kappa shape index (κ3) is 3.88. The molecule has 0 atom stereocenters. The van der Waals surface area contributed by atoms with E-state index in [1.54, 1.807) is 0 Å². The summed E-state index contributed by atoms with van der Waals surface area (Å²) in [4.78, 5) is 0. The number of fused-ring (bicyclic) bond motifs is 1. The minimum atomic E-state index is -0.210. The van der Waals surface area contributed by atoms with E-state index < -0.39 is 0 Å². The third-order valence-electron chi connectivity index (χ3n) is 4.21. The molecule has 0 bridgehead atoms. The third-order valence-corrected chi connectivity index (χ3v) is 10.1. The van der Waals surface area contributed by atoms with Gasteiger partial charge in [-0.1, -0.05) is 67.5 Å². The maximum absolute atomic E-state index is 2.61. The maximum Gasteiger partial charge on any atom is 0.398 e. The van der Waals surface area contributed by atoms with Crippen LogP contribution in [-0.4, -0.2) is 30.2 Å². The van der Waals surface area contributed by atoms with Crippen LogP contribution in [0.3, 0.4) is 0 Å². The summed E-state index contributed by atoms with van der Waals surface area (Å²) in [6.45, 7) is 19.0. The van der Waals surface area contributed by atoms with Gasteiger partial charge < -0.3 is 9.16 Å². The van der Waals surface area contributed by atoms with Crippen LogP contribution >= 0.6 is 16.1 Å². The Balaban J connectivity index is 2.44. The van der Waals surface area contributed by atoms with Crippen LogP contribution in [0.1, 0.15) is 55.4 Å². The van der Waals surface area contributed by atoms with Crippen LogP contribution in [0.15, 0.2) is 24.3 Å². The van der Waals surface area contributed by atoms with Crippen molar-refractivity contribution in [3.8, 4) is 0 Å². The van der Waals surface area contributed by atoms with Crippen molar-refractivity contribution >= 4 is 35.1 Å². The first-order valence-corrected chi connectivity index (χ1v) is 11.7. The zero-order valence-corrected chi connectivity index (χ0v) is 17.8. The molecular weight excluding hydrogens is 317 g/mol. The largest absolute Gasteiger partial charge is 0.398 e. The lowest BCUT2D eigenvalue weighted by Gasteiger charge is -2.38. The van der Waals surface area contributed by atoms with Gasteiger partial charge in [0, 0.05) is 0 Å². The van der Waals surface area contributed by atoms with Gasteiger partial charge in [-0.15, -0.1) is 0 Å². The highest BCUT2D eigenvalue weighted by molar-refractivity contribution is 7.66. The summed E-state index contributed by atoms with van der Waals surface area (Å²) < 4.78 is 5.22. The standard InChI is InChI=1S/C18H32BN2P2/c1-13(2)22(14(3)4)20-17-11-9-10-12-18(17)21(19-20)23(15(5)6)16(7)8/h9-16H,1-8H3. The normalized spacial score (nSPS) is 14.9. The highest BCUT2D eigenvalue weighted by Gasteiger charge is 2.39. The second-order valence-corrected chi connectivity index (χ2v) is 13.9. The highest BCUT2D eigenvalue weighted by atomic mass is 31.1. The highest BCUT2D eigenvalue weighted by Crippen LogP contribution is 2.61. The Bertz CT molecular complexity index is 458. The van der Waals surface area contributed by atoms with Gasteiger partial charge in [0.15, 0.2) is 0 Å². The van der Waals surface area contributed by atoms with Crippen LogP contribution in [0, 0.1) is 0 Å². The predicted molar refractivity (Wildman–Crippen MR) is 112 cm³/mol. The van der Waals surface area contributed by atoms with E-state index in [0.29, 0.717) is 22.6 Å². The molecule has 1 aromatic rings.